The van der Waals surface area contributed by atoms with Crippen molar-refractivity contribution >= 4 is 29.2 Å². The lowest BCUT2D eigenvalue weighted by atomic mass is 9.98. The third-order valence-corrected chi connectivity index (χ3v) is 3.90. The Hall–Kier alpha value is -1.75. The summed E-state index contributed by atoms with van der Waals surface area (Å²) in [4.78, 5) is 25.9. The predicted molar refractivity (Wildman–Crippen MR) is 81.2 cm³/mol. The third kappa shape index (κ3) is 3.88. The van der Waals surface area contributed by atoms with Gasteiger partial charge in [0, 0.05) is 28.9 Å². The molecule has 114 valence electrons. The summed E-state index contributed by atoms with van der Waals surface area (Å²) in [5.41, 5.74) is 6.64. The zero-order chi connectivity index (χ0) is 15.4. The van der Waals surface area contributed by atoms with Gasteiger partial charge in [-0.3, -0.25) is 9.59 Å². The van der Waals surface area contributed by atoms with Gasteiger partial charge in [-0.25, -0.2) is 0 Å². The molecule has 1 atom stereocenters. The average Bonchev–Trinajstić information content (AvgIpc) is 2.46. The number of anilines is 1. The van der Waals surface area contributed by atoms with Crippen molar-refractivity contribution in [2.45, 2.75) is 31.7 Å². The van der Waals surface area contributed by atoms with E-state index in [0.717, 1.165) is 19.3 Å². The second-order valence-corrected chi connectivity index (χ2v) is 5.64. The maximum Gasteiger partial charge on any atom is 0.307 e. The maximum atomic E-state index is 12.6. The van der Waals surface area contributed by atoms with E-state index < -0.39 is 0 Å². The van der Waals surface area contributed by atoms with Crippen molar-refractivity contribution in [3.63, 3.8) is 0 Å². The van der Waals surface area contributed by atoms with E-state index >= 15 is 0 Å². The predicted octanol–water partition coefficient (Wildman–Crippen LogP) is 2.48. The molecule has 5 nitrogen and oxygen atoms in total. The van der Waals surface area contributed by atoms with Crippen molar-refractivity contribution in [2.24, 2.45) is 0 Å². The van der Waals surface area contributed by atoms with E-state index in [-0.39, 0.29) is 24.3 Å². The summed E-state index contributed by atoms with van der Waals surface area (Å²) in [6.07, 6.45) is 2.96. The Morgan fingerprint density at radius 2 is 2.14 bits per heavy atom. The van der Waals surface area contributed by atoms with Gasteiger partial charge in [-0.1, -0.05) is 11.6 Å². The standard InChI is InChI=1S/C15H19ClN2O3/c1-21-14(19)9-13-4-2-3-5-18(13)15(20)10-6-11(16)8-12(17)7-10/h6-8,13H,2-5,9,17H2,1H3. The Balaban J connectivity index is 2.19. The first kappa shape index (κ1) is 15.6. The highest BCUT2D eigenvalue weighted by Crippen LogP contribution is 2.24. The number of piperidine rings is 1. The number of carbonyl (C=O) groups excluding carboxylic acids is 2. The second kappa shape index (κ2) is 6.80. The van der Waals surface area contributed by atoms with Crippen LogP contribution in [0, 0.1) is 0 Å². The number of nitrogen functional groups attached to an aromatic ring is 1. The van der Waals surface area contributed by atoms with Gasteiger partial charge in [0.1, 0.15) is 0 Å². The highest BCUT2D eigenvalue weighted by atomic mass is 35.5. The molecule has 0 bridgehead atoms. The number of rotatable bonds is 3. The lowest BCUT2D eigenvalue weighted by molar-refractivity contribution is -0.142. The molecule has 2 N–H and O–H groups in total. The van der Waals surface area contributed by atoms with Gasteiger partial charge in [0.2, 0.25) is 0 Å². The highest BCUT2D eigenvalue weighted by Gasteiger charge is 2.29. The van der Waals surface area contributed by atoms with Crippen molar-refractivity contribution in [1.82, 2.24) is 4.90 Å². The lowest BCUT2D eigenvalue weighted by Gasteiger charge is -2.35. The fourth-order valence-electron chi connectivity index (χ4n) is 2.66. The summed E-state index contributed by atoms with van der Waals surface area (Å²) >= 11 is 5.95. The Labute approximate surface area is 129 Å². The molecule has 1 aromatic carbocycles. The second-order valence-electron chi connectivity index (χ2n) is 5.20. The number of methoxy groups -OCH3 is 1. The molecule has 1 aliphatic heterocycles. The van der Waals surface area contributed by atoms with Crippen LogP contribution in [0.2, 0.25) is 5.02 Å². The van der Waals surface area contributed by atoms with Gasteiger partial charge >= 0.3 is 5.97 Å². The van der Waals surface area contributed by atoms with Crippen LogP contribution in [0.4, 0.5) is 5.69 Å². The molecule has 0 aromatic heterocycles. The Kier molecular flexibility index (Phi) is 5.07. The molecular weight excluding hydrogens is 292 g/mol. The van der Waals surface area contributed by atoms with Crippen LogP contribution in [0.25, 0.3) is 0 Å². The monoisotopic (exact) mass is 310 g/mol. The van der Waals surface area contributed by atoms with Crippen molar-refractivity contribution in [1.29, 1.82) is 0 Å². The van der Waals surface area contributed by atoms with Crippen LogP contribution in [0.1, 0.15) is 36.0 Å². The van der Waals surface area contributed by atoms with Crippen molar-refractivity contribution in [3.05, 3.63) is 28.8 Å². The minimum atomic E-state index is -0.301. The summed E-state index contributed by atoms with van der Waals surface area (Å²) in [7, 11) is 1.36. The van der Waals surface area contributed by atoms with Gasteiger partial charge in [-0.05, 0) is 37.5 Å². The summed E-state index contributed by atoms with van der Waals surface area (Å²) < 4.78 is 4.71. The molecule has 6 heteroatoms. The van der Waals surface area contributed by atoms with Crippen molar-refractivity contribution in [3.8, 4) is 0 Å². The van der Waals surface area contributed by atoms with E-state index in [0.29, 0.717) is 22.8 Å². The fourth-order valence-corrected chi connectivity index (χ4v) is 2.90. The van der Waals surface area contributed by atoms with Crippen LogP contribution in [-0.4, -0.2) is 36.5 Å². The Morgan fingerprint density at radius 1 is 1.38 bits per heavy atom. The molecule has 1 fully saturated rings. The summed E-state index contributed by atoms with van der Waals surface area (Å²) in [5.74, 6) is -0.442. The number of esters is 1. The van der Waals surface area contributed by atoms with Crippen LogP contribution >= 0.6 is 11.6 Å². The van der Waals surface area contributed by atoms with E-state index in [9.17, 15) is 9.59 Å². The Morgan fingerprint density at radius 3 is 2.81 bits per heavy atom. The first-order valence-corrected chi connectivity index (χ1v) is 7.33. The first-order valence-electron chi connectivity index (χ1n) is 6.95. The summed E-state index contributed by atoms with van der Waals surface area (Å²) in [5, 5.41) is 0.430. The van der Waals surface area contributed by atoms with Crippen molar-refractivity contribution in [2.75, 3.05) is 19.4 Å². The van der Waals surface area contributed by atoms with Crippen LogP contribution in [0.5, 0.6) is 0 Å². The van der Waals surface area contributed by atoms with Gasteiger partial charge in [-0.2, -0.15) is 0 Å². The van der Waals surface area contributed by atoms with Gasteiger partial charge in [0.15, 0.2) is 0 Å². The smallest absolute Gasteiger partial charge is 0.307 e. The van der Waals surface area contributed by atoms with Crippen LogP contribution in [0.15, 0.2) is 18.2 Å². The minimum absolute atomic E-state index is 0.126. The number of hydrogen-bond donors (Lipinski definition) is 1. The van der Waals surface area contributed by atoms with Crippen molar-refractivity contribution < 1.29 is 14.3 Å². The zero-order valence-corrected chi connectivity index (χ0v) is 12.7. The molecule has 1 unspecified atom stereocenters. The molecule has 0 aliphatic carbocycles. The molecule has 0 spiro atoms. The zero-order valence-electron chi connectivity index (χ0n) is 12.0. The van der Waals surface area contributed by atoms with Crippen LogP contribution < -0.4 is 5.73 Å². The molecule has 1 aliphatic rings. The molecular formula is C15H19ClN2O3. The Bertz CT molecular complexity index is 527. The van der Waals surface area contributed by atoms with Gasteiger partial charge in [0.25, 0.3) is 5.91 Å². The lowest BCUT2D eigenvalue weighted by Crippen LogP contribution is -2.44. The van der Waals surface area contributed by atoms with E-state index in [1.165, 1.54) is 7.11 Å². The molecule has 21 heavy (non-hydrogen) atoms. The first-order chi connectivity index (χ1) is 10.0. The van der Waals surface area contributed by atoms with E-state index in [1.807, 2.05) is 0 Å². The molecule has 1 aromatic rings. The highest BCUT2D eigenvalue weighted by molar-refractivity contribution is 6.31. The van der Waals surface area contributed by atoms with Gasteiger partial charge < -0.3 is 15.4 Å². The van der Waals surface area contributed by atoms with Gasteiger partial charge in [0.05, 0.1) is 13.5 Å². The molecule has 2 rings (SSSR count). The number of benzene rings is 1. The number of amides is 1. The van der Waals surface area contributed by atoms with E-state index in [2.05, 4.69) is 0 Å². The number of carbonyl (C=O) groups is 2. The van der Waals surface area contributed by atoms with Gasteiger partial charge in [-0.15, -0.1) is 0 Å². The summed E-state index contributed by atoms with van der Waals surface area (Å²) in [6.45, 7) is 0.632. The molecule has 1 saturated heterocycles. The molecule has 0 saturated carbocycles. The molecule has 1 heterocycles. The van der Waals surface area contributed by atoms with Crippen LogP contribution in [0.3, 0.4) is 0 Å². The van der Waals surface area contributed by atoms with E-state index in [4.69, 9.17) is 22.1 Å². The SMILES string of the molecule is COC(=O)CC1CCCCN1C(=O)c1cc(N)cc(Cl)c1. The largest absolute Gasteiger partial charge is 0.469 e. The third-order valence-electron chi connectivity index (χ3n) is 3.69. The maximum absolute atomic E-state index is 12.6. The average molecular weight is 311 g/mol. The number of halogens is 1. The van der Waals surface area contributed by atoms with Crippen LogP contribution in [-0.2, 0) is 9.53 Å². The number of likely N-dealkylation sites (tertiary alicyclic amines) is 1. The normalized spacial score (nSPS) is 18.4. The number of hydrogen-bond acceptors (Lipinski definition) is 4. The number of ether oxygens (including phenoxy) is 1. The topological polar surface area (TPSA) is 72.6 Å². The minimum Gasteiger partial charge on any atom is -0.469 e. The molecule has 0 radical (unpaired) electrons. The number of nitrogens with zero attached hydrogens (tertiary/aromatic N) is 1. The number of nitrogens with two attached hydrogens (primary N) is 1. The fraction of sp³-hybridized carbons (Fsp3) is 0.467. The summed E-state index contributed by atoms with van der Waals surface area (Å²) in [6, 6.07) is 4.68. The molecule has 1 amide bonds. The van der Waals surface area contributed by atoms with E-state index in [1.54, 1.807) is 23.1 Å². The quantitative estimate of drug-likeness (QED) is 0.687.